The highest BCUT2D eigenvalue weighted by Gasteiger charge is 2.11. The van der Waals surface area contributed by atoms with Crippen LogP contribution in [0.15, 0.2) is 18.2 Å². The normalized spacial score (nSPS) is 12.5. The number of carbonyl (C=O) groups is 1. The molecule has 4 heteroatoms. The minimum absolute atomic E-state index is 0.208. The van der Waals surface area contributed by atoms with Crippen molar-refractivity contribution in [2.45, 2.75) is 19.4 Å². The lowest BCUT2D eigenvalue weighted by atomic mass is 10.0. The van der Waals surface area contributed by atoms with Crippen LogP contribution in [0.5, 0.6) is 0 Å². The Hall–Kier alpha value is -1.42. The number of hydrogen-bond acceptors (Lipinski definition) is 2. The molecular formula is C10H11FO3. The molecule has 0 amide bonds. The van der Waals surface area contributed by atoms with Crippen LogP contribution < -0.4 is 0 Å². The Balaban J connectivity index is 3.08. The van der Waals surface area contributed by atoms with Gasteiger partial charge in [-0.2, -0.15) is 0 Å². The van der Waals surface area contributed by atoms with Crippen molar-refractivity contribution in [2.24, 2.45) is 0 Å². The summed E-state index contributed by atoms with van der Waals surface area (Å²) in [5.74, 6) is -1.48. The van der Waals surface area contributed by atoms with Crippen molar-refractivity contribution in [3.63, 3.8) is 0 Å². The third-order valence-electron chi connectivity index (χ3n) is 1.90. The van der Waals surface area contributed by atoms with Crippen LogP contribution in [0.25, 0.3) is 0 Å². The Morgan fingerprint density at radius 1 is 1.57 bits per heavy atom. The summed E-state index contributed by atoms with van der Waals surface area (Å²) in [6.07, 6.45) is -1.07. The molecule has 0 saturated heterocycles. The fourth-order valence-corrected chi connectivity index (χ4v) is 1.28. The Morgan fingerprint density at radius 3 is 2.71 bits per heavy atom. The fraction of sp³-hybridized carbons (Fsp3) is 0.300. The lowest BCUT2D eigenvalue weighted by Gasteiger charge is -2.10. The molecule has 0 aliphatic carbocycles. The summed E-state index contributed by atoms with van der Waals surface area (Å²) in [4.78, 5) is 10.5. The maximum atomic E-state index is 12.8. The number of aliphatic hydroxyl groups is 1. The molecule has 0 aliphatic rings. The van der Waals surface area contributed by atoms with Crippen molar-refractivity contribution >= 4 is 5.97 Å². The Bertz CT molecular complexity index is 347. The van der Waals surface area contributed by atoms with Gasteiger partial charge in [-0.25, -0.2) is 4.39 Å². The van der Waals surface area contributed by atoms with Gasteiger partial charge in [-0.1, -0.05) is 6.07 Å². The zero-order valence-corrected chi connectivity index (χ0v) is 7.70. The molecule has 0 heterocycles. The molecule has 0 aromatic heterocycles. The largest absolute Gasteiger partial charge is 0.481 e. The van der Waals surface area contributed by atoms with Crippen LogP contribution in [0.3, 0.4) is 0 Å². The van der Waals surface area contributed by atoms with Gasteiger partial charge in [0.25, 0.3) is 0 Å². The van der Waals surface area contributed by atoms with Crippen molar-refractivity contribution in [3.05, 3.63) is 35.1 Å². The summed E-state index contributed by atoms with van der Waals surface area (Å²) in [5.41, 5.74) is 0.765. The van der Waals surface area contributed by atoms with E-state index in [9.17, 15) is 14.3 Å². The first-order valence-electron chi connectivity index (χ1n) is 4.19. The van der Waals surface area contributed by atoms with Gasteiger partial charge in [0.1, 0.15) is 5.82 Å². The number of carboxylic acids is 1. The van der Waals surface area contributed by atoms with Gasteiger partial charge in [0.15, 0.2) is 0 Å². The number of hydrogen-bond donors (Lipinski definition) is 2. The van der Waals surface area contributed by atoms with E-state index in [1.165, 1.54) is 19.1 Å². The van der Waals surface area contributed by atoms with E-state index in [0.29, 0.717) is 11.1 Å². The topological polar surface area (TPSA) is 57.5 Å². The number of aliphatic carboxylic acids is 1. The monoisotopic (exact) mass is 198 g/mol. The van der Waals surface area contributed by atoms with Gasteiger partial charge in [-0.05, 0) is 30.2 Å². The fourth-order valence-electron chi connectivity index (χ4n) is 1.28. The Labute approximate surface area is 80.8 Å². The summed E-state index contributed by atoms with van der Waals surface area (Å²) in [6, 6.07) is 3.72. The maximum Gasteiger partial charge on any atom is 0.307 e. The molecule has 14 heavy (non-hydrogen) atoms. The molecule has 1 rings (SSSR count). The van der Waals surface area contributed by atoms with E-state index < -0.39 is 17.9 Å². The van der Waals surface area contributed by atoms with Gasteiger partial charge in [0.05, 0.1) is 12.5 Å². The highest BCUT2D eigenvalue weighted by molar-refractivity contribution is 5.70. The zero-order valence-electron chi connectivity index (χ0n) is 7.70. The van der Waals surface area contributed by atoms with Gasteiger partial charge in [-0.15, -0.1) is 0 Å². The standard InChI is InChI=1S/C10H11FO3/c1-6(12)9-5-8(11)3-2-7(9)4-10(13)14/h2-3,5-6,12H,4H2,1H3,(H,13,14). The summed E-state index contributed by atoms with van der Waals surface area (Å²) in [7, 11) is 0. The van der Waals surface area contributed by atoms with Crippen molar-refractivity contribution in [1.82, 2.24) is 0 Å². The van der Waals surface area contributed by atoms with Crippen molar-refractivity contribution in [2.75, 3.05) is 0 Å². The lowest BCUT2D eigenvalue weighted by molar-refractivity contribution is -0.136. The molecular weight excluding hydrogens is 187 g/mol. The van der Waals surface area contributed by atoms with Crippen molar-refractivity contribution < 1.29 is 19.4 Å². The second-order valence-corrected chi connectivity index (χ2v) is 3.09. The average Bonchev–Trinajstić information content (AvgIpc) is 2.07. The van der Waals surface area contributed by atoms with Crippen LogP contribution in [-0.4, -0.2) is 16.2 Å². The maximum absolute atomic E-state index is 12.8. The van der Waals surface area contributed by atoms with Gasteiger partial charge >= 0.3 is 5.97 Å². The van der Waals surface area contributed by atoms with Crippen LogP contribution in [0, 0.1) is 5.82 Å². The minimum Gasteiger partial charge on any atom is -0.481 e. The first kappa shape index (κ1) is 10.7. The number of halogens is 1. The average molecular weight is 198 g/mol. The molecule has 0 bridgehead atoms. The number of rotatable bonds is 3. The third kappa shape index (κ3) is 2.53. The number of benzene rings is 1. The van der Waals surface area contributed by atoms with E-state index in [2.05, 4.69) is 0 Å². The molecule has 0 aliphatic heterocycles. The summed E-state index contributed by atoms with van der Waals surface area (Å²) in [5, 5.41) is 17.8. The second-order valence-electron chi connectivity index (χ2n) is 3.09. The highest BCUT2D eigenvalue weighted by atomic mass is 19.1. The molecule has 3 nitrogen and oxygen atoms in total. The van der Waals surface area contributed by atoms with Crippen LogP contribution in [-0.2, 0) is 11.2 Å². The third-order valence-corrected chi connectivity index (χ3v) is 1.90. The van der Waals surface area contributed by atoms with Crippen molar-refractivity contribution in [1.29, 1.82) is 0 Å². The van der Waals surface area contributed by atoms with Crippen LogP contribution in [0.2, 0.25) is 0 Å². The van der Waals surface area contributed by atoms with Gasteiger partial charge in [-0.3, -0.25) is 4.79 Å². The van der Waals surface area contributed by atoms with E-state index in [1.54, 1.807) is 0 Å². The molecule has 1 aromatic carbocycles. The van der Waals surface area contributed by atoms with Gasteiger partial charge in [0.2, 0.25) is 0 Å². The predicted octanol–water partition coefficient (Wildman–Crippen LogP) is 1.51. The molecule has 0 fully saturated rings. The molecule has 0 radical (unpaired) electrons. The molecule has 1 atom stereocenters. The lowest BCUT2D eigenvalue weighted by Crippen LogP contribution is -2.06. The SMILES string of the molecule is CC(O)c1cc(F)ccc1CC(=O)O. The van der Waals surface area contributed by atoms with E-state index in [4.69, 9.17) is 5.11 Å². The summed E-state index contributed by atoms with van der Waals surface area (Å²) >= 11 is 0. The van der Waals surface area contributed by atoms with Crippen molar-refractivity contribution in [3.8, 4) is 0 Å². The molecule has 1 unspecified atom stereocenters. The van der Waals surface area contributed by atoms with Crippen LogP contribution in [0.1, 0.15) is 24.2 Å². The van der Waals surface area contributed by atoms with Gasteiger partial charge in [0, 0.05) is 0 Å². The Kier molecular flexibility index (Phi) is 3.19. The number of aliphatic hydroxyl groups excluding tert-OH is 1. The highest BCUT2D eigenvalue weighted by Crippen LogP contribution is 2.19. The quantitative estimate of drug-likeness (QED) is 0.773. The zero-order chi connectivity index (χ0) is 10.7. The molecule has 0 spiro atoms. The molecule has 76 valence electrons. The summed E-state index contributed by atoms with van der Waals surface area (Å²) < 4.78 is 12.8. The van der Waals surface area contributed by atoms with E-state index >= 15 is 0 Å². The minimum atomic E-state index is -1.00. The molecule has 2 N–H and O–H groups in total. The second kappa shape index (κ2) is 4.19. The first-order chi connectivity index (χ1) is 6.50. The Morgan fingerprint density at radius 2 is 2.21 bits per heavy atom. The smallest absolute Gasteiger partial charge is 0.307 e. The first-order valence-corrected chi connectivity index (χ1v) is 4.19. The molecule has 0 saturated carbocycles. The summed E-state index contributed by atoms with van der Waals surface area (Å²) in [6.45, 7) is 1.47. The van der Waals surface area contributed by atoms with E-state index in [1.807, 2.05) is 0 Å². The molecule has 1 aromatic rings. The van der Waals surface area contributed by atoms with Crippen LogP contribution >= 0.6 is 0 Å². The van der Waals surface area contributed by atoms with Gasteiger partial charge < -0.3 is 10.2 Å². The van der Waals surface area contributed by atoms with E-state index in [0.717, 1.165) is 6.07 Å². The van der Waals surface area contributed by atoms with Crippen LogP contribution in [0.4, 0.5) is 4.39 Å². The predicted molar refractivity (Wildman–Crippen MR) is 48.4 cm³/mol. The van der Waals surface area contributed by atoms with E-state index in [-0.39, 0.29) is 6.42 Å². The number of carboxylic acid groups (broad SMARTS) is 1.